The third kappa shape index (κ3) is 7.37. The highest BCUT2D eigenvalue weighted by Crippen LogP contribution is 2.15. The molecule has 0 spiro atoms. The number of nitrogens with zero attached hydrogens (tertiary/aromatic N) is 1. The lowest BCUT2D eigenvalue weighted by molar-refractivity contribution is -0.126. The summed E-state index contributed by atoms with van der Waals surface area (Å²) in [6, 6.07) is 0.214. The molecule has 0 aliphatic heterocycles. The van der Waals surface area contributed by atoms with E-state index < -0.39 is 0 Å². The average molecular weight is 242 g/mol. The Morgan fingerprint density at radius 3 is 2.24 bits per heavy atom. The first-order valence-corrected chi connectivity index (χ1v) is 6.68. The minimum Gasteiger partial charge on any atom is -0.352 e. The van der Waals surface area contributed by atoms with E-state index in [2.05, 4.69) is 44.8 Å². The number of amides is 1. The quantitative estimate of drug-likeness (QED) is 0.776. The zero-order valence-electron chi connectivity index (χ0n) is 12.6. The summed E-state index contributed by atoms with van der Waals surface area (Å²) in [7, 11) is 2.01. The van der Waals surface area contributed by atoms with E-state index in [4.69, 9.17) is 0 Å². The van der Waals surface area contributed by atoms with Gasteiger partial charge < -0.3 is 5.32 Å². The minimum absolute atomic E-state index is 0.0615. The molecule has 0 saturated heterocycles. The molecule has 17 heavy (non-hydrogen) atoms. The van der Waals surface area contributed by atoms with Gasteiger partial charge in [-0.15, -0.1) is 0 Å². The predicted octanol–water partition coefficient (Wildman–Crippen LogP) is 2.66. The summed E-state index contributed by atoms with van der Waals surface area (Å²) in [5, 5.41) is 3.07. The molecule has 0 aromatic heterocycles. The first kappa shape index (κ1) is 16.4. The first-order chi connectivity index (χ1) is 7.67. The number of nitrogens with one attached hydrogen (secondary N) is 1. The van der Waals surface area contributed by atoms with E-state index in [0.29, 0.717) is 0 Å². The Morgan fingerprint density at radius 2 is 1.82 bits per heavy atom. The molecular weight excluding hydrogens is 212 g/mol. The fourth-order valence-electron chi connectivity index (χ4n) is 1.95. The van der Waals surface area contributed by atoms with E-state index in [-0.39, 0.29) is 23.4 Å². The highest BCUT2D eigenvalue weighted by molar-refractivity contribution is 5.81. The van der Waals surface area contributed by atoms with Crippen LogP contribution in [0.1, 0.15) is 54.4 Å². The third-order valence-electron chi connectivity index (χ3n) is 2.87. The molecule has 0 bridgehead atoms. The maximum Gasteiger partial charge on any atom is 0.237 e. The number of hydrogen-bond donors (Lipinski definition) is 1. The van der Waals surface area contributed by atoms with Crippen LogP contribution in [0.3, 0.4) is 0 Å². The normalized spacial score (nSPS) is 15.8. The Kier molecular flexibility index (Phi) is 6.76. The Hall–Kier alpha value is -0.570. The summed E-state index contributed by atoms with van der Waals surface area (Å²) in [5.74, 6) is 0.137. The molecular formula is C14H30N2O. The number of rotatable bonds is 6. The minimum atomic E-state index is -0.0615. The molecule has 3 nitrogen and oxygen atoms in total. The zero-order valence-corrected chi connectivity index (χ0v) is 12.6. The van der Waals surface area contributed by atoms with Crippen LogP contribution < -0.4 is 5.32 Å². The van der Waals surface area contributed by atoms with Gasteiger partial charge in [0.05, 0.1) is 6.04 Å². The molecule has 3 heteroatoms. The summed E-state index contributed by atoms with van der Waals surface area (Å²) < 4.78 is 0. The van der Waals surface area contributed by atoms with Gasteiger partial charge in [0.25, 0.3) is 0 Å². The van der Waals surface area contributed by atoms with E-state index in [9.17, 15) is 4.79 Å². The fourth-order valence-corrected chi connectivity index (χ4v) is 1.95. The topological polar surface area (TPSA) is 32.3 Å². The van der Waals surface area contributed by atoms with Crippen LogP contribution in [0.15, 0.2) is 0 Å². The van der Waals surface area contributed by atoms with Gasteiger partial charge in [-0.25, -0.2) is 0 Å². The zero-order chi connectivity index (χ0) is 13.6. The monoisotopic (exact) mass is 242 g/mol. The summed E-state index contributed by atoms with van der Waals surface area (Å²) >= 11 is 0. The van der Waals surface area contributed by atoms with Crippen molar-refractivity contribution in [1.82, 2.24) is 10.2 Å². The van der Waals surface area contributed by atoms with E-state index >= 15 is 0 Å². The second kappa shape index (κ2) is 7.00. The van der Waals surface area contributed by atoms with Crippen molar-refractivity contribution in [2.24, 2.45) is 5.41 Å². The molecule has 2 atom stereocenters. The van der Waals surface area contributed by atoms with Crippen LogP contribution in [0.5, 0.6) is 0 Å². The number of carbonyl (C=O) groups excluding carboxylic acids is 1. The lowest BCUT2D eigenvalue weighted by Gasteiger charge is -2.31. The van der Waals surface area contributed by atoms with Gasteiger partial charge in [-0.2, -0.15) is 0 Å². The van der Waals surface area contributed by atoms with Crippen molar-refractivity contribution in [3.05, 3.63) is 0 Å². The Morgan fingerprint density at radius 1 is 1.29 bits per heavy atom. The van der Waals surface area contributed by atoms with Crippen LogP contribution in [-0.4, -0.2) is 36.5 Å². The molecule has 0 unspecified atom stereocenters. The highest BCUT2D eigenvalue weighted by Gasteiger charge is 2.23. The summed E-state index contributed by atoms with van der Waals surface area (Å²) in [6.07, 6.45) is 2.15. The van der Waals surface area contributed by atoms with Crippen molar-refractivity contribution in [3.8, 4) is 0 Å². The van der Waals surface area contributed by atoms with Crippen LogP contribution >= 0.6 is 0 Å². The average Bonchev–Trinajstić information content (AvgIpc) is 2.13. The van der Waals surface area contributed by atoms with Gasteiger partial charge in [-0.3, -0.25) is 9.69 Å². The molecule has 0 radical (unpaired) electrons. The highest BCUT2D eigenvalue weighted by atomic mass is 16.2. The van der Waals surface area contributed by atoms with Gasteiger partial charge in [0.2, 0.25) is 5.91 Å². The Balaban J connectivity index is 4.20. The molecule has 0 rings (SSSR count). The molecule has 0 aliphatic rings. The van der Waals surface area contributed by atoms with Crippen molar-refractivity contribution in [2.75, 3.05) is 13.6 Å². The van der Waals surface area contributed by atoms with E-state index in [0.717, 1.165) is 19.4 Å². The van der Waals surface area contributed by atoms with Crippen LogP contribution in [0, 0.1) is 5.41 Å². The smallest absolute Gasteiger partial charge is 0.237 e. The SMILES string of the molecule is CCC[C@@H](C)NC(=O)[C@H](C)N(C)CC(C)(C)C. The number of carbonyl (C=O) groups is 1. The first-order valence-electron chi connectivity index (χ1n) is 6.68. The van der Waals surface area contributed by atoms with Crippen molar-refractivity contribution < 1.29 is 4.79 Å². The molecule has 102 valence electrons. The summed E-state index contributed by atoms with van der Waals surface area (Å²) in [5.41, 5.74) is 0.221. The van der Waals surface area contributed by atoms with Crippen LogP contribution in [0.25, 0.3) is 0 Å². The number of hydrogen-bond acceptors (Lipinski definition) is 2. The lowest BCUT2D eigenvalue weighted by Crippen LogP contribution is -2.48. The summed E-state index contributed by atoms with van der Waals surface area (Å²) in [4.78, 5) is 14.1. The van der Waals surface area contributed by atoms with Gasteiger partial charge in [0.1, 0.15) is 0 Å². The lowest BCUT2D eigenvalue weighted by atomic mass is 9.95. The second-order valence-electron chi connectivity index (χ2n) is 6.35. The van der Waals surface area contributed by atoms with E-state index in [1.54, 1.807) is 0 Å². The molecule has 0 aromatic rings. The fraction of sp³-hybridized carbons (Fsp3) is 0.929. The molecule has 0 aromatic carbocycles. The standard InChI is InChI=1S/C14H30N2O/c1-8-9-11(2)15-13(17)12(3)16(7)10-14(4,5)6/h11-12H,8-10H2,1-7H3,(H,15,17)/t11-,12+/m1/s1. The number of likely N-dealkylation sites (N-methyl/N-ethyl adjacent to an activating group) is 1. The van der Waals surface area contributed by atoms with Gasteiger partial charge >= 0.3 is 0 Å². The summed E-state index contributed by atoms with van der Waals surface area (Å²) in [6.45, 7) is 13.7. The van der Waals surface area contributed by atoms with E-state index in [1.807, 2.05) is 14.0 Å². The predicted molar refractivity (Wildman–Crippen MR) is 74.1 cm³/mol. The van der Waals surface area contributed by atoms with Crippen molar-refractivity contribution >= 4 is 5.91 Å². The Bertz CT molecular complexity index is 233. The molecule has 0 heterocycles. The van der Waals surface area contributed by atoms with Gasteiger partial charge in [-0.1, -0.05) is 34.1 Å². The van der Waals surface area contributed by atoms with Crippen LogP contribution in [-0.2, 0) is 4.79 Å². The van der Waals surface area contributed by atoms with Gasteiger partial charge in [0, 0.05) is 12.6 Å². The van der Waals surface area contributed by atoms with Gasteiger partial charge in [-0.05, 0) is 32.7 Å². The van der Waals surface area contributed by atoms with Crippen molar-refractivity contribution in [2.45, 2.75) is 66.5 Å². The van der Waals surface area contributed by atoms with Crippen LogP contribution in [0.2, 0.25) is 0 Å². The Labute approximate surface area is 107 Å². The molecule has 1 amide bonds. The maximum atomic E-state index is 12.0. The maximum absolute atomic E-state index is 12.0. The molecule has 0 fully saturated rings. The molecule has 1 N–H and O–H groups in total. The second-order valence-corrected chi connectivity index (χ2v) is 6.35. The third-order valence-corrected chi connectivity index (χ3v) is 2.87. The largest absolute Gasteiger partial charge is 0.352 e. The molecule has 0 aliphatic carbocycles. The van der Waals surface area contributed by atoms with Crippen molar-refractivity contribution in [3.63, 3.8) is 0 Å². The molecule has 0 saturated carbocycles. The van der Waals surface area contributed by atoms with E-state index in [1.165, 1.54) is 0 Å². The van der Waals surface area contributed by atoms with Crippen LogP contribution in [0.4, 0.5) is 0 Å². The van der Waals surface area contributed by atoms with Gasteiger partial charge in [0.15, 0.2) is 0 Å². The van der Waals surface area contributed by atoms with Crippen molar-refractivity contribution in [1.29, 1.82) is 0 Å².